The van der Waals surface area contributed by atoms with Gasteiger partial charge in [-0.15, -0.1) is 0 Å². The van der Waals surface area contributed by atoms with Crippen LogP contribution in [0.4, 0.5) is 0 Å². The van der Waals surface area contributed by atoms with Crippen LogP contribution in [-0.2, 0) is 4.79 Å². The van der Waals surface area contributed by atoms with E-state index < -0.39 is 6.10 Å². The summed E-state index contributed by atoms with van der Waals surface area (Å²) >= 11 is 0. The van der Waals surface area contributed by atoms with Crippen molar-refractivity contribution in [3.63, 3.8) is 0 Å². The first kappa shape index (κ1) is 13.5. The van der Waals surface area contributed by atoms with Crippen molar-refractivity contribution in [3.8, 4) is 0 Å². The summed E-state index contributed by atoms with van der Waals surface area (Å²) in [6.45, 7) is 5.93. The summed E-state index contributed by atoms with van der Waals surface area (Å²) in [5.41, 5.74) is -0.248. The molecule has 2 atom stereocenters. The van der Waals surface area contributed by atoms with Gasteiger partial charge in [-0.2, -0.15) is 0 Å². The van der Waals surface area contributed by atoms with E-state index in [1.807, 2.05) is 0 Å². The van der Waals surface area contributed by atoms with Crippen molar-refractivity contribution >= 4 is 5.91 Å². The van der Waals surface area contributed by atoms with Crippen molar-refractivity contribution in [2.75, 3.05) is 19.6 Å². The van der Waals surface area contributed by atoms with Crippen LogP contribution in [0.3, 0.4) is 0 Å². The van der Waals surface area contributed by atoms with Gasteiger partial charge in [0.15, 0.2) is 0 Å². The van der Waals surface area contributed by atoms with Crippen molar-refractivity contribution in [2.45, 2.75) is 45.6 Å². The molecular formula is C12H24N2O2. The smallest absolute Gasteiger partial charge is 0.227 e. The maximum absolute atomic E-state index is 12.2. The van der Waals surface area contributed by atoms with E-state index in [0.29, 0.717) is 6.54 Å². The van der Waals surface area contributed by atoms with Crippen LogP contribution in [0.15, 0.2) is 0 Å². The van der Waals surface area contributed by atoms with Gasteiger partial charge in [0.05, 0.1) is 11.5 Å². The van der Waals surface area contributed by atoms with Crippen LogP contribution in [0.25, 0.3) is 0 Å². The molecule has 0 saturated carbocycles. The molecule has 94 valence electrons. The minimum Gasteiger partial charge on any atom is -0.392 e. The number of nitrogens with one attached hydrogen (secondary N) is 2. The Morgan fingerprint density at radius 2 is 2.38 bits per heavy atom. The molecule has 0 bridgehead atoms. The van der Waals surface area contributed by atoms with Crippen molar-refractivity contribution in [3.05, 3.63) is 0 Å². The summed E-state index contributed by atoms with van der Waals surface area (Å²) in [6.07, 6.45) is 3.48. The summed E-state index contributed by atoms with van der Waals surface area (Å²) in [6, 6.07) is 0. The monoisotopic (exact) mass is 228 g/mol. The second-order valence-corrected chi connectivity index (χ2v) is 4.87. The van der Waals surface area contributed by atoms with E-state index in [9.17, 15) is 9.90 Å². The van der Waals surface area contributed by atoms with E-state index in [4.69, 9.17) is 0 Å². The lowest BCUT2D eigenvalue weighted by molar-refractivity contribution is -0.133. The Hall–Kier alpha value is -0.610. The van der Waals surface area contributed by atoms with E-state index in [2.05, 4.69) is 17.6 Å². The molecule has 1 amide bonds. The van der Waals surface area contributed by atoms with Crippen LogP contribution in [0, 0.1) is 5.41 Å². The Kier molecular flexibility index (Phi) is 5.22. The molecule has 1 aliphatic rings. The Labute approximate surface area is 97.8 Å². The maximum atomic E-state index is 12.2. The molecule has 0 radical (unpaired) electrons. The highest BCUT2D eigenvalue weighted by Gasteiger charge is 2.38. The molecule has 0 aromatic rings. The fraction of sp³-hybridized carbons (Fsp3) is 0.917. The van der Waals surface area contributed by atoms with Crippen LogP contribution in [-0.4, -0.2) is 36.8 Å². The average molecular weight is 228 g/mol. The standard InChI is InChI=1S/C12H24N2O2/c1-3-5-12(6-4-7-13-9-12)11(16)14-8-10(2)15/h10,13,15H,3-9H2,1-2H3,(H,14,16). The largest absolute Gasteiger partial charge is 0.392 e. The maximum Gasteiger partial charge on any atom is 0.227 e. The Morgan fingerprint density at radius 3 is 2.88 bits per heavy atom. The third-order valence-electron chi connectivity index (χ3n) is 3.24. The Balaban J connectivity index is 2.57. The highest BCUT2D eigenvalue weighted by atomic mass is 16.3. The molecule has 0 aliphatic carbocycles. The third kappa shape index (κ3) is 3.46. The first-order valence-electron chi connectivity index (χ1n) is 6.28. The van der Waals surface area contributed by atoms with Crippen molar-refractivity contribution < 1.29 is 9.90 Å². The summed E-state index contributed by atoms with van der Waals surface area (Å²) < 4.78 is 0. The molecule has 0 aromatic carbocycles. The summed E-state index contributed by atoms with van der Waals surface area (Å²) in [7, 11) is 0. The molecule has 1 heterocycles. The van der Waals surface area contributed by atoms with Gasteiger partial charge in [-0.1, -0.05) is 13.3 Å². The van der Waals surface area contributed by atoms with Crippen LogP contribution in [0.1, 0.15) is 39.5 Å². The number of aliphatic hydroxyl groups is 1. The van der Waals surface area contributed by atoms with Gasteiger partial charge in [0.1, 0.15) is 0 Å². The topological polar surface area (TPSA) is 61.4 Å². The molecule has 1 fully saturated rings. The molecule has 0 aromatic heterocycles. The van der Waals surface area contributed by atoms with E-state index >= 15 is 0 Å². The number of carbonyl (C=O) groups excluding carboxylic acids is 1. The molecule has 1 aliphatic heterocycles. The lowest BCUT2D eigenvalue weighted by atomic mass is 9.76. The first-order valence-corrected chi connectivity index (χ1v) is 6.28. The first-order chi connectivity index (χ1) is 7.60. The van der Waals surface area contributed by atoms with Gasteiger partial charge < -0.3 is 15.7 Å². The number of aliphatic hydroxyl groups excluding tert-OH is 1. The number of hydrogen-bond acceptors (Lipinski definition) is 3. The van der Waals surface area contributed by atoms with Crippen LogP contribution < -0.4 is 10.6 Å². The van der Waals surface area contributed by atoms with Gasteiger partial charge in [-0.25, -0.2) is 0 Å². The van der Waals surface area contributed by atoms with Gasteiger partial charge >= 0.3 is 0 Å². The summed E-state index contributed by atoms with van der Waals surface area (Å²) in [4.78, 5) is 12.2. The van der Waals surface area contributed by atoms with Crippen LogP contribution in [0.2, 0.25) is 0 Å². The summed E-state index contributed by atoms with van der Waals surface area (Å²) in [5.74, 6) is 0.0995. The zero-order chi connectivity index (χ0) is 12.0. The number of amides is 1. The molecule has 1 rings (SSSR count). The highest BCUT2D eigenvalue weighted by molar-refractivity contribution is 5.83. The van der Waals surface area contributed by atoms with Crippen molar-refractivity contribution in [2.24, 2.45) is 5.41 Å². The number of hydrogen-bond donors (Lipinski definition) is 3. The minimum absolute atomic E-state index is 0.0995. The molecular weight excluding hydrogens is 204 g/mol. The Bertz CT molecular complexity index is 218. The molecule has 4 nitrogen and oxygen atoms in total. The number of piperidine rings is 1. The average Bonchev–Trinajstić information content (AvgIpc) is 2.27. The molecule has 2 unspecified atom stereocenters. The second-order valence-electron chi connectivity index (χ2n) is 4.87. The molecule has 16 heavy (non-hydrogen) atoms. The fourth-order valence-corrected chi connectivity index (χ4v) is 2.40. The molecule has 1 saturated heterocycles. The van der Waals surface area contributed by atoms with Gasteiger partial charge in [-0.05, 0) is 32.7 Å². The van der Waals surface area contributed by atoms with Gasteiger partial charge in [-0.3, -0.25) is 4.79 Å². The van der Waals surface area contributed by atoms with E-state index in [-0.39, 0.29) is 11.3 Å². The lowest BCUT2D eigenvalue weighted by Gasteiger charge is -2.36. The normalized spacial score (nSPS) is 27.4. The van der Waals surface area contributed by atoms with E-state index in [1.165, 1.54) is 0 Å². The van der Waals surface area contributed by atoms with Crippen molar-refractivity contribution in [1.29, 1.82) is 0 Å². The quantitative estimate of drug-likeness (QED) is 0.647. The SMILES string of the molecule is CCCC1(C(=O)NCC(C)O)CCCNC1. The van der Waals surface area contributed by atoms with Crippen LogP contribution >= 0.6 is 0 Å². The van der Waals surface area contributed by atoms with E-state index in [0.717, 1.165) is 38.8 Å². The summed E-state index contributed by atoms with van der Waals surface area (Å²) in [5, 5.41) is 15.3. The third-order valence-corrected chi connectivity index (χ3v) is 3.24. The van der Waals surface area contributed by atoms with Gasteiger partial charge in [0.25, 0.3) is 0 Å². The predicted molar refractivity (Wildman–Crippen MR) is 64.1 cm³/mol. The zero-order valence-electron chi connectivity index (χ0n) is 10.4. The second kappa shape index (κ2) is 6.21. The molecule has 3 N–H and O–H groups in total. The van der Waals surface area contributed by atoms with Gasteiger partial charge in [0, 0.05) is 13.1 Å². The number of carbonyl (C=O) groups is 1. The zero-order valence-corrected chi connectivity index (χ0v) is 10.4. The minimum atomic E-state index is -0.473. The molecule has 4 heteroatoms. The van der Waals surface area contributed by atoms with Gasteiger partial charge in [0.2, 0.25) is 5.91 Å². The predicted octanol–water partition coefficient (Wildman–Crippen LogP) is 0.653. The van der Waals surface area contributed by atoms with E-state index in [1.54, 1.807) is 6.92 Å². The Morgan fingerprint density at radius 1 is 1.62 bits per heavy atom. The fourth-order valence-electron chi connectivity index (χ4n) is 2.40. The number of rotatable bonds is 5. The van der Waals surface area contributed by atoms with Crippen LogP contribution in [0.5, 0.6) is 0 Å². The lowest BCUT2D eigenvalue weighted by Crippen LogP contribution is -2.51. The molecule has 0 spiro atoms. The van der Waals surface area contributed by atoms with Crippen molar-refractivity contribution in [1.82, 2.24) is 10.6 Å². The highest BCUT2D eigenvalue weighted by Crippen LogP contribution is 2.31.